The summed E-state index contributed by atoms with van der Waals surface area (Å²) < 4.78 is 5.06. The maximum atomic E-state index is 12.0. The summed E-state index contributed by atoms with van der Waals surface area (Å²) in [4.78, 5) is 23.7. The van der Waals surface area contributed by atoms with E-state index in [1.807, 2.05) is 0 Å². The second-order valence-corrected chi connectivity index (χ2v) is 3.00. The maximum Gasteiger partial charge on any atom is 0.216 e. The van der Waals surface area contributed by atoms with Gasteiger partial charge >= 0.3 is 0 Å². The molecule has 0 fully saturated rings. The van der Waals surface area contributed by atoms with Crippen molar-refractivity contribution in [1.82, 2.24) is 15.0 Å². The maximum absolute atomic E-state index is 12.0. The van der Waals surface area contributed by atoms with E-state index >= 15 is 0 Å². The molecule has 0 saturated heterocycles. The lowest BCUT2D eigenvalue weighted by molar-refractivity contribution is 0.103. The topological polar surface area (TPSA) is 65.0 Å². The minimum atomic E-state index is -0.229. The van der Waals surface area contributed by atoms with Gasteiger partial charge in [-0.15, -0.1) is 0 Å². The van der Waals surface area contributed by atoms with Crippen LogP contribution in [0.4, 0.5) is 0 Å². The summed E-state index contributed by atoms with van der Waals surface area (Å²) in [5.41, 5.74) is 0.713. The molecule has 2 aromatic heterocycles. The lowest BCUT2D eigenvalue weighted by Crippen LogP contribution is -2.06. The van der Waals surface area contributed by atoms with Crippen LogP contribution in [0.3, 0.4) is 0 Å². The van der Waals surface area contributed by atoms with Crippen LogP contribution in [0.2, 0.25) is 0 Å². The van der Waals surface area contributed by atoms with Gasteiger partial charge < -0.3 is 4.74 Å². The Morgan fingerprint density at radius 1 is 1.19 bits per heavy atom. The van der Waals surface area contributed by atoms with Crippen molar-refractivity contribution in [2.45, 2.75) is 0 Å². The highest BCUT2D eigenvalue weighted by molar-refractivity contribution is 6.09. The highest BCUT2D eigenvalue weighted by atomic mass is 16.5. The first kappa shape index (κ1) is 10.2. The Morgan fingerprint density at radius 2 is 2.00 bits per heavy atom. The molecule has 0 bridgehead atoms. The van der Waals surface area contributed by atoms with Gasteiger partial charge in [-0.1, -0.05) is 0 Å². The van der Waals surface area contributed by atoms with E-state index in [0.717, 1.165) is 0 Å². The van der Waals surface area contributed by atoms with Crippen molar-refractivity contribution in [3.8, 4) is 5.75 Å². The molecule has 2 rings (SSSR count). The average molecular weight is 215 g/mol. The van der Waals surface area contributed by atoms with Crippen LogP contribution in [0.5, 0.6) is 5.75 Å². The zero-order valence-electron chi connectivity index (χ0n) is 8.62. The lowest BCUT2D eigenvalue weighted by atomic mass is 10.1. The van der Waals surface area contributed by atoms with Crippen LogP contribution in [0.25, 0.3) is 0 Å². The van der Waals surface area contributed by atoms with Crippen LogP contribution in [0.15, 0.2) is 37.1 Å². The first-order chi connectivity index (χ1) is 7.83. The molecular formula is C11H9N3O2. The Bertz CT molecular complexity index is 500. The van der Waals surface area contributed by atoms with Gasteiger partial charge in [0.2, 0.25) is 5.78 Å². The number of methoxy groups -OCH3 is 1. The highest BCUT2D eigenvalue weighted by Gasteiger charge is 2.15. The number of hydrogen-bond donors (Lipinski definition) is 0. The van der Waals surface area contributed by atoms with E-state index < -0.39 is 0 Å². The molecule has 5 heteroatoms. The third kappa shape index (κ3) is 1.88. The molecule has 80 valence electrons. The highest BCUT2D eigenvalue weighted by Crippen LogP contribution is 2.18. The molecular weight excluding hydrogens is 206 g/mol. The second kappa shape index (κ2) is 4.48. The van der Waals surface area contributed by atoms with Crippen molar-refractivity contribution in [3.63, 3.8) is 0 Å². The number of rotatable bonds is 3. The van der Waals surface area contributed by atoms with Crippen LogP contribution in [-0.2, 0) is 0 Å². The molecule has 0 aliphatic heterocycles. The van der Waals surface area contributed by atoms with Crippen LogP contribution >= 0.6 is 0 Å². The number of hydrogen-bond acceptors (Lipinski definition) is 5. The van der Waals surface area contributed by atoms with Gasteiger partial charge in [0.15, 0.2) is 0 Å². The molecule has 0 aliphatic carbocycles. The first-order valence-corrected chi connectivity index (χ1v) is 4.61. The van der Waals surface area contributed by atoms with E-state index in [1.54, 1.807) is 6.07 Å². The fraction of sp³-hybridized carbons (Fsp3) is 0.0909. The van der Waals surface area contributed by atoms with E-state index in [4.69, 9.17) is 4.74 Å². The van der Waals surface area contributed by atoms with Gasteiger partial charge in [0.25, 0.3) is 0 Å². The first-order valence-electron chi connectivity index (χ1n) is 4.61. The molecule has 0 saturated carbocycles. The minimum absolute atomic E-state index is 0.229. The van der Waals surface area contributed by atoms with Crippen LogP contribution < -0.4 is 4.74 Å². The Hall–Kier alpha value is -2.30. The van der Waals surface area contributed by atoms with Crippen molar-refractivity contribution in [3.05, 3.63) is 48.3 Å². The van der Waals surface area contributed by atoms with Crippen molar-refractivity contribution < 1.29 is 9.53 Å². The summed E-state index contributed by atoms with van der Waals surface area (Å²) in [7, 11) is 1.49. The summed E-state index contributed by atoms with van der Waals surface area (Å²) in [6, 6.07) is 1.59. The number of ketones is 1. The van der Waals surface area contributed by atoms with Crippen molar-refractivity contribution in [1.29, 1.82) is 0 Å². The van der Waals surface area contributed by atoms with Gasteiger partial charge in [-0.05, 0) is 6.07 Å². The lowest BCUT2D eigenvalue weighted by Gasteiger charge is -2.05. The average Bonchev–Trinajstić information content (AvgIpc) is 2.39. The van der Waals surface area contributed by atoms with Crippen molar-refractivity contribution >= 4 is 5.78 Å². The van der Waals surface area contributed by atoms with Gasteiger partial charge in [-0.3, -0.25) is 14.8 Å². The van der Waals surface area contributed by atoms with E-state index in [1.165, 1.54) is 38.1 Å². The number of carbonyl (C=O) groups excluding carboxylic acids is 1. The summed E-state index contributed by atoms with van der Waals surface area (Å²) in [5, 5.41) is 0. The zero-order valence-corrected chi connectivity index (χ0v) is 8.62. The number of aromatic nitrogens is 3. The van der Waals surface area contributed by atoms with E-state index in [9.17, 15) is 4.79 Å². The van der Waals surface area contributed by atoms with Gasteiger partial charge in [-0.25, -0.2) is 4.98 Å². The third-order valence-corrected chi connectivity index (χ3v) is 2.04. The third-order valence-electron chi connectivity index (χ3n) is 2.04. The number of nitrogens with zero attached hydrogens (tertiary/aromatic N) is 3. The predicted octanol–water partition coefficient (Wildman–Crippen LogP) is 1.11. The standard InChI is InChI=1S/C11H9N3O2/c1-16-10-7-12-3-2-8(10)11(15)9-6-13-4-5-14-9/h2-7H,1H3. The van der Waals surface area contributed by atoms with Gasteiger partial charge in [0.1, 0.15) is 11.4 Å². The molecule has 5 nitrogen and oxygen atoms in total. The van der Waals surface area contributed by atoms with Crippen LogP contribution in [0, 0.1) is 0 Å². The summed E-state index contributed by atoms with van der Waals surface area (Å²) >= 11 is 0. The van der Waals surface area contributed by atoms with E-state index in [2.05, 4.69) is 15.0 Å². The molecule has 2 aromatic rings. The SMILES string of the molecule is COc1cnccc1C(=O)c1cnccn1. The quantitative estimate of drug-likeness (QED) is 0.717. The van der Waals surface area contributed by atoms with Gasteiger partial charge in [0, 0.05) is 18.6 Å². The molecule has 0 atom stereocenters. The number of pyridine rings is 1. The molecule has 0 radical (unpaired) electrons. The summed E-state index contributed by atoms with van der Waals surface area (Å²) in [6.07, 6.45) is 7.43. The Labute approximate surface area is 92.2 Å². The second-order valence-electron chi connectivity index (χ2n) is 3.00. The van der Waals surface area contributed by atoms with Crippen LogP contribution in [0.1, 0.15) is 16.1 Å². The van der Waals surface area contributed by atoms with Crippen molar-refractivity contribution in [2.75, 3.05) is 7.11 Å². The molecule has 0 spiro atoms. The molecule has 0 N–H and O–H groups in total. The van der Waals surface area contributed by atoms with Crippen molar-refractivity contribution in [2.24, 2.45) is 0 Å². The normalized spacial score (nSPS) is 9.81. The Morgan fingerprint density at radius 3 is 2.69 bits per heavy atom. The fourth-order valence-electron chi connectivity index (χ4n) is 1.28. The summed E-state index contributed by atoms with van der Waals surface area (Å²) in [5.74, 6) is 0.200. The molecule has 16 heavy (non-hydrogen) atoms. The molecule has 0 aromatic carbocycles. The predicted molar refractivity (Wildman–Crippen MR) is 56.3 cm³/mol. The minimum Gasteiger partial charge on any atom is -0.494 e. The van der Waals surface area contributed by atoms with E-state index in [-0.39, 0.29) is 11.5 Å². The van der Waals surface area contributed by atoms with Gasteiger partial charge in [-0.2, -0.15) is 0 Å². The number of ether oxygens (including phenoxy) is 1. The summed E-state index contributed by atoms with van der Waals surface area (Å²) in [6.45, 7) is 0. The molecule has 2 heterocycles. The van der Waals surface area contributed by atoms with Gasteiger partial charge in [0.05, 0.1) is 25.1 Å². The zero-order chi connectivity index (χ0) is 11.4. The largest absolute Gasteiger partial charge is 0.494 e. The van der Waals surface area contributed by atoms with Crippen LogP contribution in [-0.4, -0.2) is 27.8 Å². The Kier molecular flexibility index (Phi) is 2.86. The molecule has 0 unspecified atom stereocenters. The Balaban J connectivity index is 2.42. The fourth-order valence-corrected chi connectivity index (χ4v) is 1.28. The number of carbonyl (C=O) groups is 1. The monoisotopic (exact) mass is 215 g/mol. The smallest absolute Gasteiger partial charge is 0.216 e. The van der Waals surface area contributed by atoms with E-state index in [0.29, 0.717) is 11.3 Å². The molecule has 0 aliphatic rings. The molecule has 0 amide bonds.